The molecule has 0 aliphatic carbocycles. The Labute approximate surface area is 201 Å². The molecule has 0 bridgehead atoms. The number of hydrogen-bond donors (Lipinski definition) is 0. The molecule has 1 aromatic carbocycles. The Balaban J connectivity index is 1.86. The molecule has 0 aliphatic heterocycles. The molecule has 178 valence electrons. The first-order valence-corrected chi connectivity index (χ1v) is 11.3. The van der Waals surface area contributed by atoms with Crippen molar-refractivity contribution in [3.63, 3.8) is 0 Å². The summed E-state index contributed by atoms with van der Waals surface area (Å²) in [6.07, 6.45) is 1.68. The number of benzene rings is 1. The first-order chi connectivity index (χ1) is 16.2. The second-order valence-corrected chi connectivity index (χ2v) is 8.73. The minimum Gasteiger partial charge on any atom is -0.383 e. The molecule has 7 nitrogen and oxygen atoms in total. The van der Waals surface area contributed by atoms with E-state index in [1.807, 2.05) is 68.8 Å². The Hall–Kier alpha value is -3.63. The summed E-state index contributed by atoms with van der Waals surface area (Å²) >= 11 is 0. The molecule has 2 heterocycles. The van der Waals surface area contributed by atoms with Crippen LogP contribution in [0, 0.1) is 39.0 Å². The molecule has 1 unspecified atom stereocenters. The Morgan fingerprint density at radius 2 is 1.88 bits per heavy atom. The van der Waals surface area contributed by atoms with E-state index in [-0.39, 0.29) is 17.5 Å². The van der Waals surface area contributed by atoms with Gasteiger partial charge in [0.2, 0.25) is 0 Å². The number of carbonyl (C=O) groups excluding carboxylic acids is 1. The molecule has 0 saturated heterocycles. The Morgan fingerprint density at radius 1 is 1.21 bits per heavy atom. The molecule has 3 rings (SSSR count). The molecule has 3 aromatic rings. The summed E-state index contributed by atoms with van der Waals surface area (Å²) in [6.45, 7) is 11.0. The van der Waals surface area contributed by atoms with Crippen LogP contribution in [0.4, 0.5) is 0 Å². The van der Waals surface area contributed by atoms with Gasteiger partial charge in [0.25, 0.3) is 5.91 Å². The van der Waals surface area contributed by atoms with Gasteiger partial charge in [0, 0.05) is 43.3 Å². The summed E-state index contributed by atoms with van der Waals surface area (Å²) in [7, 11) is 3.40. The van der Waals surface area contributed by atoms with Crippen LogP contribution in [0.1, 0.15) is 46.9 Å². The Kier molecular flexibility index (Phi) is 7.75. The van der Waals surface area contributed by atoms with E-state index in [1.54, 1.807) is 25.1 Å². The fourth-order valence-corrected chi connectivity index (χ4v) is 4.48. The summed E-state index contributed by atoms with van der Waals surface area (Å²) in [4.78, 5) is 14.8. The van der Waals surface area contributed by atoms with Gasteiger partial charge in [0.1, 0.15) is 11.6 Å². The van der Waals surface area contributed by atoms with Gasteiger partial charge >= 0.3 is 0 Å². The predicted octanol–water partition coefficient (Wildman–Crippen LogP) is 4.68. The number of aromatic nitrogens is 3. The topological polar surface area (TPSA) is 76.1 Å². The zero-order valence-electron chi connectivity index (χ0n) is 21.1. The molecule has 0 radical (unpaired) electrons. The smallest absolute Gasteiger partial charge is 0.264 e. The second kappa shape index (κ2) is 10.5. The van der Waals surface area contributed by atoms with Crippen molar-refractivity contribution in [2.24, 2.45) is 0 Å². The van der Waals surface area contributed by atoms with Gasteiger partial charge in [-0.15, -0.1) is 0 Å². The third kappa shape index (κ3) is 4.97. The van der Waals surface area contributed by atoms with Crippen molar-refractivity contribution in [2.45, 2.75) is 47.2 Å². The average Bonchev–Trinajstić information content (AvgIpc) is 3.26. The highest BCUT2D eigenvalue weighted by Gasteiger charge is 2.21. The van der Waals surface area contributed by atoms with Crippen LogP contribution in [0.2, 0.25) is 0 Å². The minimum atomic E-state index is -0.316. The first kappa shape index (κ1) is 25.0. The summed E-state index contributed by atoms with van der Waals surface area (Å²) in [5, 5.41) is 14.5. The molecule has 7 heteroatoms. The fraction of sp³-hybridized carbons (Fsp3) is 0.370. The van der Waals surface area contributed by atoms with E-state index >= 15 is 0 Å². The lowest BCUT2D eigenvalue weighted by atomic mass is 10.1. The van der Waals surface area contributed by atoms with Crippen molar-refractivity contribution >= 4 is 12.0 Å². The monoisotopic (exact) mass is 459 g/mol. The summed E-state index contributed by atoms with van der Waals surface area (Å²) in [5.74, 6) is -0.316. The molecular formula is C27H33N5O2. The van der Waals surface area contributed by atoms with Crippen LogP contribution in [-0.2, 0) is 16.1 Å². The van der Waals surface area contributed by atoms with Crippen molar-refractivity contribution in [3.8, 4) is 11.8 Å². The van der Waals surface area contributed by atoms with E-state index in [2.05, 4.69) is 22.7 Å². The van der Waals surface area contributed by atoms with Crippen molar-refractivity contribution < 1.29 is 9.53 Å². The SMILES string of the molecule is COCC(C)n1c(C)cc(/C=C(/C#N)C(=O)N(C)Cc2c(C)nn(-c3ccccc3)c2C)c1C. The van der Waals surface area contributed by atoms with Crippen molar-refractivity contribution in [1.29, 1.82) is 5.26 Å². The number of methoxy groups -OCH3 is 1. The van der Waals surface area contributed by atoms with Crippen LogP contribution < -0.4 is 0 Å². The molecule has 2 aromatic heterocycles. The van der Waals surface area contributed by atoms with Gasteiger partial charge < -0.3 is 14.2 Å². The van der Waals surface area contributed by atoms with Gasteiger partial charge in [0.15, 0.2) is 0 Å². The number of para-hydroxylation sites is 1. The lowest BCUT2D eigenvalue weighted by Gasteiger charge is -2.18. The predicted molar refractivity (Wildman–Crippen MR) is 134 cm³/mol. The molecule has 0 saturated carbocycles. The number of carbonyl (C=O) groups is 1. The summed E-state index contributed by atoms with van der Waals surface area (Å²) < 4.78 is 9.36. The van der Waals surface area contributed by atoms with Gasteiger partial charge in [0.05, 0.1) is 24.0 Å². The van der Waals surface area contributed by atoms with Gasteiger partial charge in [-0.25, -0.2) is 4.68 Å². The number of hydrogen-bond acceptors (Lipinski definition) is 4. The highest BCUT2D eigenvalue weighted by Crippen LogP contribution is 2.24. The van der Waals surface area contributed by atoms with Crippen LogP contribution in [0.15, 0.2) is 42.0 Å². The lowest BCUT2D eigenvalue weighted by molar-refractivity contribution is -0.125. The summed E-state index contributed by atoms with van der Waals surface area (Å²) in [6, 6.07) is 14.2. The number of nitrogens with zero attached hydrogens (tertiary/aromatic N) is 5. The van der Waals surface area contributed by atoms with Crippen LogP contribution in [-0.4, -0.2) is 45.9 Å². The number of rotatable bonds is 8. The van der Waals surface area contributed by atoms with Crippen molar-refractivity contribution in [1.82, 2.24) is 19.2 Å². The maximum Gasteiger partial charge on any atom is 0.264 e. The minimum absolute atomic E-state index is 0.105. The van der Waals surface area contributed by atoms with E-state index < -0.39 is 0 Å². The summed E-state index contributed by atoms with van der Waals surface area (Å²) in [5.41, 5.74) is 6.81. The van der Waals surface area contributed by atoms with Crippen LogP contribution in [0.3, 0.4) is 0 Å². The average molecular weight is 460 g/mol. The highest BCUT2D eigenvalue weighted by molar-refractivity contribution is 6.01. The van der Waals surface area contributed by atoms with Crippen LogP contribution in [0.5, 0.6) is 0 Å². The van der Waals surface area contributed by atoms with Gasteiger partial charge in [-0.1, -0.05) is 18.2 Å². The molecule has 0 spiro atoms. The van der Waals surface area contributed by atoms with Crippen molar-refractivity contribution in [3.05, 3.63) is 75.9 Å². The van der Waals surface area contributed by atoms with Crippen LogP contribution >= 0.6 is 0 Å². The standard InChI is InChI=1S/C27H33N5O2/c1-18-13-23(21(4)31(18)19(2)17-34-7)14-24(15-28)27(33)30(6)16-26-20(3)29-32(22(26)5)25-11-9-8-10-12-25/h8-14,19H,16-17H2,1-7H3/b24-14-. The molecule has 1 amide bonds. The quantitative estimate of drug-likeness (QED) is 0.362. The largest absolute Gasteiger partial charge is 0.383 e. The Morgan fingerprint density at radius 3 is 2.50 bits per heavy atom. The van der Waals surface area contributed by atoms with Gasteiger partial charge in [-0.2, -0.15) is 10.4 Å². The van der Waals surface area contributed by atoms with E-state index in [1.165, 1.54) is 0 Å². The lowest BCUT2D eigenvalue weighted by Crippen LogP contribution is -2.27. The maximum atomic E-state index is 13.2. The van der Waals surface area contributed by atoms with E-state index in [4.69, 9.17) is 4.74 Å². The molecule has 0 fully saturated rings. The molecule has 0 aliphatic rings. The van der Waals surface area contributed by atoms with Gasteiger partial charge in [-0.05, 0) is 64.5 Å². The Bertz CT molecular complexity index is 1240. The first-order valence-electron chi connectivity index (χ1n) is 11.3. The zero-order chi connectivity index (χ0) is 25.0. The third-order valence-corrected chi connectivity index (χ3v) is 6.21. The normalized spacial score (nSPS) is 12.5. The number of aryl methyl sites for hydroxylation is 2. The zero-order valence-corrected chi connectivity index (χ0v) is 21.1. The third-order valence-electron chi connectivity index (χ3n) is 6.21. The number of ether oxygens (including phenoxy) is 1. The molecule has 0 N–H and O–H groups in total. The van der Waals surface area contributed by atoms with E-state index in [9.17, 15) is 10.1 Å². The van der Waals surface area contributed by atoms with Gasteiger partial charge in [-0.3, -0.25) is 4.79 Å². The number of nitriles is 1. The maximum absolute atomic E-state index is 13.2. The number of amides is 1. The molecule has 34 heavy (non-hydrogen) atoms. The fourth-order valence-electron chi connectivity index (χ4n) is 4.48. The molecule has 1 atom stereocenters. The molecular weight excluding hydrogens is 426 g/mol. The number of likely N-dealkylation sites (N-methyl/N-ethyl adjacent to an activating group) is 1. The van der Waals surface area contributed by atoms with E-state index in [0.717, 1.165) is 39.6 Å². The van der Waals surface area contributed by atoms with Crippen LogP contribution in [0.25, 0.3) is 11.8 Å². The van der Waals surface area contributed by atoms with E-state index in [0.29, 0.717) is 13.2 Å². The second-order valence-electron chi connectivity index (χ2n) is 8.73. The van der Waals surface area contributed by atoms with Crippen molar-refractivity contribution in [2.75, 3.05) is 20.8 Å². The highest BCUT2D eigenvalue weighted by atomic mass is 16.5.